The van der Waals surface area contributed by atoms with E-state index in [0.29, 0.717) is 24.9 Å². The van der Waals surface area contributed by atoms with Gasteiger partial charge in [-0.05, 0) is 19.1 Å². The van der Waals surface area contributed by atoms with Gasteiger partial charge in [0.25, 0.3) is 5.19 Å². The second kappa shape index (κ2) is 5.05. The van der Waals surface area contributed by atoms with Gasteiger partial charge in [0.1, 0.15) is 6.10 Å². The predicted molar refractivity (Wildman–Crippen MR) is 72.6 cm³/mol. The van der Waals surface area contributed by atoms with Crippen molar-refractivity contribution in [2.45, 2.75) is 13.0 Å². The molecule has 2 aromatic rings. The molecule has 1 aliphatic heterocycles. The predicted octanol–water partition coefficient (Wildman–Crippen LogP) is 2.52. The van der Waals surface area contributed by atoms with Crippen molar-refractivity contribution in [3.8, 4) is 5.19 Å². The van der Waals surface area contributed by atoms with Gasteiger partial charge in [0.2, 0.25) is 0 Å². The van der Waals surface area contributed by atoms with Gasteiger partial charge in [-0.1, -0.05) is 23.5 Å². The molecule has 1 aromatic carbocycles. The minimum Gasteiger partial charge on any atom is -0.463 e. The van der Waals surface area contributed by atoms with E-state index in [4.69, 9.17) is 9.47 Å². The van der Waals surface area contributed by atoms with Crippen LogP contribution >= 0.6 is 11.3 Å². The number of thiazole rings is 1. The normalized spacial score (nSPS) is 15.3. The minimum atomic E-state index is -0.272. The molecule has 1 amide bonds. The molecule has 1 aliphatic rings. The Bertz CT molecular complexity index is 559. The lowest BCUT2D eigenvalue weighted by Crippen LogP contribution is -2.56. The molecule has 1 saturated heterocycles. The van der Waals surface area contributed by atoms with Crippen LogP contribution in [0.3, 0.4) is 0 Å². The van der Waals surface area contributed by atoms with E-state index in [1.165, 1.54) is 11.3 Å². The number of nitrogens with zero attached hydrogens (tertiary/aromatic N) is 2. The summed E-state index contributed by atoms with van der Waals surface area (Å²) in [4.78, 5) is 17.4. The third-order valence-corrected chi connectivity index (χ3v) is 3.84. The number of para-hydroxylation sites is 1. The Hall–Kier alpha value is -1.82. The standard InChI is InChI=1S/C13H14N2O3S/c1-2-17-13(16)15-7-9(8-15)18-12-14-10-5-3-4-6-11(10)19-12/h3-6,9H,2,7-8H2,1H3. The molecule has 0 N–H and O–H groups in total. The molecule has 0 bridgehead atoms. The Balaban J connectivity index is 1.57. The van der Waals surface area contributed by atoms with Gasteiger partial charge < -0.3 is 14.4 Å². The Morgan fingerprint density at radius 3 is 3.00 bits per heavy atom. The fraction of sp³-hybridized carbons (Fsp3) is 0.385. The average molecular weight is 278 g/mol. The number of aromatic nitrogens is 1. The SMILES string of the molecule is CCOC(=O)N1CC(Oc2nc3ccccc3s2)C1. The summed E-state index contributed by atoms with van der Waals surface area (Å²) in [5.41, 5.74) is 0.948. The second-order valence-electron chi connectivity index (χ2n) is 4.29. The van der Waals surface area contributed by atoms with Crippen molar-refractivity contribution < 1.29 is 14.3 Å². The molecule has 1 aromatic heterocycles. The number of carbonyl (C=O) groups excluding carboxylic acids is 1. The van der Waals surface area contributed by atoms with Crippen molar-refractivity contribution in [1.29, 1.82) is 0 Å². The highest BCUT2D eigenvalue weighted by molar-refractivity contribution is 7.20. The summed E-state index contributed by atoms with van der Waals surface area (Å²) < 4.78 is 11.8. The van der Waals surface area contributed by atoms with E-state index >= 15 is 0 Å². The second-order valence-corrected chi connectivity index (χ2v) is 5.28. The summed E-state index contributed by atoms with van der Waals surface area (Å²) >= 11 is 1.53. The smallest absolute Gasteiger partial charge is 0.410 e. The van der Waals surface area contributed by atoms with Gasteiger partial charge in [-0.25, -0.2) is 9.78 Å². The molecular weight excluding hydrogens is 264 g/mol. The van der Waals surface area contributed by atoms with Crippen LogP contribution in [0.1, 0.15) is 6.92 Å². The van der Waals surface area contributed by atoms with Gasteiger partial charge >= 0.3 is 6.09 Å². The Kier molecular flexibility index (Phi) is 3.25. The van der Waals surface area contributed by atoms with Gasteiger partial charge in [0, 0.05) is 0 Å². The highest BCUT2D eigenvalue weighted by Gasteiger charge is 2.33. The molecule has 0 unspecified atom stereocenters. The third kappa shape index (κ3) is 2.49. The lowest BCUT2D eigenvalue weighted by atomic mass is 10.2. The van der Waals surface area contributed by atoms with E-state index in [2.05, 4.69) is 4.98 Å². The number of hydrogen-bond acceptors (Lipinski definition) is 5. The number of rotatable bonds is 3. The van der Waals surface area contributed by atoms with E-state index in [1.807, 2.05) is 24.3 Å². The summed E-state index contributed by atoms with van der Waals surface area (Å²) in [5.74, 6) is 0. The fourth-order valence-electron chi connectivity index (χ4n) is 1.92. The van der Waals surface area contributed by atoms with Crippen molar-refractivity contribution in [2.75, 3.05) is 19.7 Å². The maximum atomic E-state index is 11.4. The molecule has 0 aliphatic carbocycles. The van der Waals surface area contributed by atoms with Crippen LogP contribution in [0.4, 0.5) is 4.79 Å². The van der Waals surface area contributed by atoms with Gasteiger partial charge in [0.05, 0.1) is 29.9 Å². The maximum absolute atomic E-state index is 11.4. The minimum absolute atomic E-state index is 0.0185. The first kappa shape index (κ1) is 12.2. The molecule has 1 fully saturated rings. The van der Waals surface area contributed by atoms with Crippen LogP contribution in [-0.4, -0.2) is 41.8 Å². The Morgan fingerprint density at radius 2 is 2.26 bits per heavy atom. The molecule has 6 heteroatoms. The first-order valence-electron chi connectivity index (χ1n) is 6.20. The van der Waals surface area contributed by atoms with E-state index in [-0.39, 0.29) is 12.2 Å². The zero-order chi connectivity index (χ0) is 13.2. The first-order valence-corrected chi connectivity index (χ1v) is 7.02. The van der Waals surface area contributed by atoms with Crippen LogP contribution in [0.5, 0.6) is 5.19 Å². The zero-order valence-corrected chi connectivity index (χ0v) is 11.4. The quantitative estimate of drug-likeness (QED) is 0.865. The third-order valence-electron chi connectivity index (χ3n) is 2.92. The number of likely N-dealkylation sites (tertiary alicyclic amines) is 1. The van der Waals surface area contributed by atoms with Crippen molar-refractivity contribution in [3.05, 3.63) is 24.3 Å². The van der Waals surface area contributed by atoms with Crippen molar-refractivity contribution in [2.24, 2.45) is 0 Å². The number of fused-ring (bicyclic) bond motifs is 1. The van der Waals surface area contributed by atoms with Gasteiger partial charge in [-0.3, -0.25) is 0 Å². The number of ether oxygens (including phenoxy) is 2. The summed E-state index contributed by atoms with van der Waals surface area (Å²) in [7, 11) is 0. The molecule has 2 heterocycles. The van der Waals surface area contributed by atoms with Gasteiger partial charge in [0.15, 0.2) is 0 Å². The number of amides is 1. The maximum Gasteiger partial charge on any atom is 0.410 e. The summed E-state index contributed by atoms with van der Waals surface area (Å²) in [5, 5.41) is 0.662. The van der Waals surface area contributed by atoms with Crippen LogP contribution in [0.25, 0.3) is 10.2 Å². The largest absolute Gasteiger partial charge is 0.463 e. The molecule has 19 heavy (non-hydrogen) atoms. The molecule has 0 spiro atoms. The topological polar surface area (TPSA) is 51.7 Å². The summed E-state index contributed by atoms with van der Waals surface area (Å²) in [6.45, 7) is 3.33. The van der Waals surface area contributed by atoms with Crippen molar-refractivity contribution >= 4 is 27.6 Å². The molecule has 0 atom stereocenters. The van der Waals surface area contributed by atoms with Crippen LogP contribution in [0, 0.1) is 0 Å². The number of hydrogen-bond donors (Lipinski definition) is 0. The molecule has 0 saturated carbocycles. The van der Waals surface area contributed by atoms with Crippen LogP contribution in [-0.2, 0) is 4.74 Å². The molecule has 100 valence electrons. The van der Waals surface area contributed by atoms with E-state index in [1.54, 1.807) is 11.8 Å². The highest BCUT2D eigenvalue weighted by atomic mass is 32.1. The first-order chi connectivity index (χ1) is 9.26. The lowest BCUT2D eigenvalue weighted by Gasteiger charge is -2.37. The molecule has 3 rings (SSSR count). The van der Waals surface area contributed by atoms with E-state index in [9.17, 15) is 4.79 Å². The number of benzene rings is 1. The van der Waals surface area contributed by atoms with Gasteiger partial charge in [-0.15, -0.1) is 0 Å². The highest BCUT2D eigenvalue weighted by Crippen LogP contribution is 2.29. The van der Waals surface area contributed by atoms with Crippen LogP contribution in [0.15, 0.2) is 24.3 Å². The monoisotopic (exact) mass is 278 g/mol. The van der Waals surface area contributed by atoms with Crippen molar-refractivity contribution in [1.82, 2.24) is 9.88 Å². The van der Waals surface area contributed by atoms with Crippen LogP contribution in [0.2, 0.25) is 0 Å². The summed E-state index contributed by atoms with van der Waals surface area (Å²) in [6, 6.07) is 7.92. The molecule has 0 radical (unpaired) electrons. The Labute approximate surface area is 114 Å². The van der Waals surface area contributed by atoms with Crippen molar-refractivity contribution in [3.63, 3.8) is 0 Å². The average Bonchev–Trinajstić information content (AvgIpc) is 2.75. The van der Waals surface area contributed by atoms with E-state index < -0.39 is 0 Å². The molecular formula is C13H14N2O3S. The zero-order valence-electron chi connectivity index (χ0n) is 10.5. The summed E-state index contributed by atoms with van der Waals surface area (Å²) in [6.07, 6.45) is -0.253. The van der Waals surface area contributed by atoms with Gasteiger partial charge in [-0.2, -0.15) is 0 Å². The van der Waals surface area contributed by atoms with E-state index in [0.717, 1.165) is 10.2 Å². The lowest BCUT2D eigenvalue weighted by molar-refractivity contribution is 0.0127. The van der Waals surface area contributed by atoms with Crippen LogP contribution < -0.4 is 4.74 Å². The Morgan fingerprint density at radius 1 is 1.47 bits per heavy atom. The number of carbonyl (C=O) groups is 1. The molecule has 5 nitrogen and oxygen atoms in total. The fourth-order valence-corrected chi connectivity index (χ4v) is 2.80.